The van der Waals surface area contributed by atoms with Crippen LogP contribution < -0.4 is 10.2 Å². The Morgan fingerprint density at radius 2 is 1.86 bits per heavy atom. The monoisotopic (exact) mass is 374 g/mol. The summed E-state index contributed by atoms with van der Waals surface area (Å²) in [6.45, 7) is 8.69. The number of terminal acetylenes is 1. The summed E-state index contributed by atoms with van der Waals surface area (Å²) in [5, 5.41) is 3.53. The van der Waals surface area contributed by atoms with E-state index < -0.39 is 0 Å². The lowest BCUT2D eigenvalue weighted by atomic mass is 10.1. The number of rotatable bonds is 8. The minimum atomic E-state index is 0.846. The number of hydrogen-bond donors (Lipinski definition) is 1. The fraction of sp³-hybridized carbons (Fsp3) is 0.375. The second-order valence-electron chi connectivity index (χ2n) is 7.12. The SMILES string of the molecule is C#Cc1ccc(Nc2nc3cccc(N(CCC)CCC)c3n2C)c(CC)c1. The molecule has 0 aliphatic rings. The van der Waals surface area contributed by atoms with Gasteiger partial charge in [-0.2, -0.15) is 0 Å². The second kappa shape index (κ2) is 8.84. The van der Waals surface area contributed by atoms with Crippen molar-refractivity contribution in [3.05, 3.63) is 47.5 Å². The second-order valence-corrected chi connectivity index (χ2v) is 7.12. The molecule has 146 valence electrons. The third kappa shape index (κ3) is 3.84. The lowest BCUT2D eigenvalue weighted by Crippen LogP contribution is -2.25. The predicted octanol–water partition coefficient (Wildman–Crippen LogP) is 5.49. The van der Waals surface area contributed by atoms with Gasteiger partial charge in [-0.25, -0.2) is 4.98 Å². The summed E-state index contributed by atoms with van der Waals surface area (Å²) in [6.07, 6.45) is 8.72. The highest BCUT2D eigenvalue weighted by molar-refractivity contribution is 5.91. The van der Waals surface area contributed by atoms with E-state index >= 15 is 0 Å². The molecule has 2 aromatic carbocycles. The molecule has 1 N–H and O–H groups in total. The minimum Gasteiger partial charge on any atom is -0.370 e. The highest BCUT2D eigenvalue weighted by atomic mass is 15.2. The molecule has 1 aromatic heterocycles. The Morgan fingerprint density at radius 3 is 2.50 bits per heavy atom. The van der Waals surface area contributed by atoms with Crippen LogP contribution in [0.3, 0.4) is 0 Å². The third-order valence-electron chi connectivity index (χ3n) is 5.10. The van der Waals surface area contributed by atoms with Crippen LogP contribution >= 0.6 is 0 Å². The van der Waals surface area contributed by atoms with Gasteiger partial charge in [0.15, 0.2) is 0 Å². The van der Waals surface area contributed by atoms with Crippen molar-refractivity contribution >= 4 is 28.4 Å². The van der Waals surface area contributed by atoms with Crippen LogP contribution in [0.4, 0.5) is 17.3 Å². The fourth-order valence-electron chi connectivity index (χ4n) is 3.73. The molecular weight excluding hydrogens is 344 g/mol. The zero-order valence-electron chi connectivity index (χ0n) is 17.4. The number of anilines is 3. The van der Waals surface area contributed by atoms with E-state index in [1.54, 1.807) is 0 Å². The van der Waals surface area contributed by atoms with E-state index in [9.17, 15) is 0 Å². The van der Waals surface area contributed by atoms with Crippen molar-refractivity contribution < 1.29 is 0 Å². The number of hydrogen-bond acceptors (Lipinski definition) is 3. The molecule has 0 unspecified atom stereocenters. The lowest BCUT2D eigenvalue weighted by molar-refractivity contribution is 0.745. The molecule has 0 radical (unpaired) electrons. The van der Waals surface area contributed by atoms with E-state index in [0.717, 1.165) is 55.1 Å². The maximum atomic E-state index is 5.55. The first-order valence-electron chi connectivity index (χ1n) is 10.2. The van der Waals surface area contributed by atoms with Crippen LogP contribution in [0.5, 0.6) is 0 Å². The molecule has 0 bridgehead atoms. The van der Waals surface area contributed by atoms with Crippen molar-refractivity contribution in [2.24, 2.45) is 7.05 Å². The van der Waals surface area contributed by atoms with Crippen molar-refractivity contribution in [1.29, 1.82) is 0 Å². The molecule has 0 amide bonds. The number of nitrogens with zero attached hydrogens (tertiary/aromatic N) is 3. The Labute approximate surface area is 168 Å². The van der Waals surface area contributed by atoms with Crippen molar-refractivity contribution in [1.82, 2.24) is 9.55 Å². The standard InChI is InChI=1S/C24H30N4/c1-6-15-28(16-7-2)22-12-10-11-21-23(22)27(5)24(26-21)25-20-14-13-18(8-3)17-19(20)9-4/h3,10-14,17H,6-7,9,15-16H2,1-2,4-5H3,(H,25,26). The van der Waals surface area contributed by atoms with Gasteiger partial charge in [-0.15, -0.1) is 6.42 Å². The van der Waals surface area contributed by atoms with E-state index in [1.807, 2.05) is 6.07 Å². The Balaban J connectivity index is 2.04. The average Bonchev–Trinajstić information content (AvgIpc) is 3.03. The molecule has 0 aliphatic heterocycles. The first kappa shape index (κ1) is 19.8. The van der Waals surface area contributed by atoms with Crippen LogP contribution in [0.1, 0.15) is 44.7 Å². The number of fused-ring (bicyclic) bond motifs is 1. The molecule has 4 nitrogen and oxygen atoms in total. The Kier molecular flexibility index (Phi) is 6.26. The Morgan fingerprint density at radius 1 is 1.11 bits per heavy atom. The van der Waals surface area contributed by atoms with Crippen LogP contribution in [0.25, 0.3) is 11.0 Å². The molecule has 0 aliphatic carbocycles. The summed E-state index contributed by atoms with van der Waals surface area (Å²) in [5.41, 5.74) is 6.59. The summed E-state index contributed by atoms with van der Waals surface area (Å²) >= 11 is 0. The first-order valence-corrected chi connectivity index (χ1v) is 10.2. The summed E-state index contributed by atoms with van der Waals surface area (Å²) in [4.78, 5) is 7.34. The van der Waals surface area contributed by atoms with E-state index in [-0.39, 0.29) is 0 Å². The number of aryl methyl sites for hydroxylation is 2. The molecule has 3 aromatic rings. The van der Waals surface area contributed by atoms with Gasteiger partial charge in [0.2, 0.25) is 5.95 Å². The highest BCUT2D eigenvalue weighted by Crippen LogP contribution is 2.31. The molecule has 1 heterocycles. The topological polar surface area (TPSA) is 33.1 Å². The van der Waals surface area contributed by atoms with Gasteiger partial charge in [-0.3, -0.25) is 0 Å². The van der Waals surface area contributed by atoms with Crippen LogP contribution in [0.2, 0.25) is 0 Å². The molecule has 3 rings (SSSR count). The zero-order chi connectivity index (χ0) is 20.1. The molecule has 0 atom stereocenters. The number of imidazole rings is 1. The van der Waals surface area contributed by atoms with Gasteiger partial charge in [0.05, 0.1) is 16.7 Å². The Bertz CT molecular complexity index is 988. The van der Waals surface area contributed by atoms with Crippen molar-refractivity contribution in [2.45, 2.75) is 40.0 Å². The van der Waals surface area contributed by atoms with Gasteiger partial charge < -0.3 is 14.8 Å². The predicted molar refractivity (Wildman–Crippen MR) is 121 cm³/mol. The van der Waals surface area contributed by atoms with Crippen molar-refractivity contribution in [3.8, 4) is 12.3 Å². The summed E-state index contributed by atoms with van der Waals surface area (Å²) in [5.74, 6) is 3.56. The number of aromatic nitrogens is 2. The molecule has 0 fully saturated rings. The maximum Gasteiger partial charge on any atom is 0.208 e. The van der Waals surface area contributed by atoms with Crippen molar-refractivity contribution in [3.63, 3.8) is 0 Å². The van der Waals surface area contributed by atoms with Gasteiger partial charge in [0, 0.05) is 31.4 Å². The van der Waals surface area contributed by atoms with E-state index in [0.29, 0.717) is 0 Å². The lowest BCUT2D eigenvalue weighted by Gasteiger charge is -2.25. The quantitative estimate of drug-likeness (QED) is 0.530. The zero-order valence-corrected chi connectivity index (χ0v) is 17.4. The molecular formula is C24H30N4. The highest BCUT2D eigenvalue weighted by Gasteiger charge is 2.16. The summed E-state index contributed by atoms with van der Waals surface area (Å²) in [6, 6.07) is 12.5. The Hall–Kier alpha value is -2.93. The van der Waals surface area contributed by atoms with E-state index in [4.69, 9.17) is 11.4 Å². The van der Waals surface area contributed by atoms with Gasteiger partial charge in [0.1, 0.15) is 0 Å². The normalized spacial score (nSPS) is 10.8. The smallest absolute Gasteiger partial charge is 0.208 e. The van der Waals surface area contributed by atoms with E-state index in [2.05, 4.69) is 78.9 Å². The summed E-state index contributed by atoms with van der Waals surface area (Å²) < 4.78 is 2.16. The minimum absolute atomic E-state index is 0.846. The van der Waals surface area contributed by atoms with E-state index in [1.165, 1.54) is 16.8 Å². The largest absolute Gasteiger partial charge is 0.370 e. The van der Waals surface area contributed by atoms with Crippen LogP contribution in [0, 0.1) is 12.3 Å². The molecule has 28 heavy (non-hydrogen) atoms. The number of para-hydroxylation sites is 1. The van der Waals surface area contributed by atoms with Crippen LogP contribution in [-0.4, -0.2) is 22.6 Å². The van der Waals surface area contributed by atoms with Gasteiger partial charge in [-0.1, -0.05) is 32.8 Å². The third-order valence-corrected chi connectivity index (χ3v) is 5.10. The number of nitrogens with one attached hydrogen (secondary N) is 1. The van der Waals surface area contributed by atoms with Crippen LogP contribution in [0.15, 0.2) is 36.4 Å². The molecule has 4 heteroatoms. The average molecular weight is 375 g/mol. The number of benzene rings is 2. The maximum absolute atomic E-state index is 5.55. The summed E-state index contributed by atoms with van der Waals surface area (Å²) in [7, 11) is 2.08. The first-order chi connectivity index (χ1) is 13.6. The van der Waals surface area contributed by atoms with Gasteiger partial charge in [0.25, 0.3) is 0 Å². The van der Waals surface area contributed by atoms with Gasteiger partial charge in [-0.05, 0) is 55.2 Å². The molecule has 0 saturated carbocycles. The van der Waals surface area contributed by atoms with Crippen molar-refractivity contribution in [2.75, 3.05) is 23.3 Å². The fourth-order valence-corrected chi connectivity index (χ4v) is 3.73. The molecule has 0 saturated heterocycles. The molecule has 0 spiro atoms. The van der Waals surface area contributed by atoms with Gasteiger partial charge >= 0.3 is 0 Å². The van der Waals surface area contributed by atoms with Crippen LogP contribution in [-0.2, 0) is 13.5 Å².